The zero-order valence-electron chi connectivity index (χ0n) is 15.9. The molecular weight excluding hydrogens is 330 g/mol. The fraction of sp³-hybridized carbons (Fsp3) is 0.160. The summed E-state index contributed by atoms with van der Waals surface area (Å²) in [7, 11) is 2.10. The molecule has 2 nitrogen and oxygen atoms in total. The van der Waals surface area contributed by atoms with E-state index in [4.69, 9.17) is 4.42 Å². The molecule has 0 N–H and O–H groups in total. The Hall–Kier alpha value is -3.13. The SMILES string of the molecule is CCc1cc[n+](C)c(-c2c(C)ccc3c2oc2ccc4ccccc4c23)c1. The van der Waals surface area contributed by atoms with Gasteiger partial charge in [-0.05, 0) is 41.3 Å². The molecule has 0 bridgehead atoms. The number of fused-ring (bicyclic) bond motifs is 5. The van der Waals surface area contributed by atoms with Crippen molar-refractivity contribution in [2.45, 2.75) is 20.3 Å². The smallest absolute Gasteiger partial charge is 0.216 e. The maximum Gasteiger partial charge on any atom is 0.216 e. The van der Waals surface area contributed by atoms with E-state index < -0.39 is 0 Å². The van der Waals surface area contributed by atoms with Crippen molar-refractivity contribution >= 4 is 32.7 Å². The van der Waals surface area contributed by atoms with Crippen molar-refractivity contribution in [3.8, 4) is 11.3 Å². The van der Waals surface area contributed by atoms with Gasteiger partial charge in [0.25, 0.3) is 0 Å². The molecule has 2 aromatic heterocycles. The molecule has 0 unspecified atom stereocenters. The molecule has 27 heavy (non-hydrogen) atoms. The first-order chi connectivity index (χ1) is 13.2. The molecule has 0 aliphatic heterocycles. The summed E-state index contributed by atoms with van der Waals surface area (Å²) in [4.78, 5) is 0. The predicted octanol–water partition coefficient (Wildman–Crippen LogP) is 6.10. The molecule has 5 rings (SSSR count). The van der Waals surface area contributed by atoms with Crippen LogP contribution in [0.4, 0.5) is 0 Å². The van der Waals surface area contributed by atoms with Gasteiger partial charge >= 0.3 is 0 Å². The Labute approximate surface area is 158 Å². The van der Waals surface area contributed by atoms with E-state index in [0.717, 1.165) is 17.6 Å². The number of hydrogen-bond donors (Lipinski definition) is 0. The summed E-state index contributed by atoms with van der Waals surface area (Å²) in [5.41, 5.74) is 6.87. The highest BCUT2D eigenvalue weighted by Gasteiger charge is 2.21. The summed E-state index contributed by atoms with van der Waals surface area (Å²) in [6, 6.07) is 21.7. The van der Waals surface area contributed by atoms with Gasteiger partial charge in [-0.15, -0.1) is 0 Å². The molecule has 5 aromatic rings. The molecule has 0 saturated carbocycles. The Balaban J connectivity index is 1.94. The van der Waals surface area contributed by atoms with Crippen LogP contribution in [0.2, 0.25) is 0 Å². The number of nitrogens with zero attached hydrogens (tertiary/aromatic N) is 1. The second kappa shape index (κ2) is 5.95. The molecule has 0 saturated heterocycles. The lowest BCUT2D eigenvalue weighted by Gasteiger charge is -2.07. The Bertz CT molecular complexity index is 1330. The van der Waals surface area contributed by atoms with E-state index in [1.807, 2.05) is 0 Å². The Morgan fingerprint density at radius 3 is 2.63 bits per heavy atom. The summed E-state index contributed by atoms with van der Waals surface area (Å²) in [5.74, 6) is 0. The van der Waals surface area contributed by atoms with E-state index in [0.29, 0.717) is 0 Å². The third-order valence-electron chi connectivity index (χ3n) is 5.62. The molecule has 3 aromatic carbocycles. The van der Waals surface area contributed by atoms with Crippen LogP contribution < -0.4 is 4.57 Å². The Kier molecular flexibility index (Phi) is 3.54. The first kappa shape index (κ1) is 16.1. The van der Waals surface area contributed by atoms with Gasteiger partial charge in [-0.2, -0.15) is 0 Å². The molecule has 0 aliphatic rings. The van der Waals surface area contributed by atoms with Gasteiger partial charge in [0.2, 0.25) is 5.69 Å². The van der Waals surface area contributed by atoms with Gasteiger partial charge in [0.05, 0.1) is 5.56 Å². The van der Waals surface area contributed by atoms with Gasteiger partial charge in [-0.3, -0.25) is 0 Å². The van der Waals surface area contributed by atoms with Gasteiger partial charge in [0, 0.05) is 22.9 Å². The van der Waals surface area contributed by atoms with Gasteiger partial charge in [0.1, 0.15) is 18.2 Å². The molecule has 0 aliphatic carbocycles. The van der Waals surface area contributed by atoms with E-state index in [-0.39, 0.29) is 0 Å². The van der Waals surface area contributed by atoms with Crippen LogP contribution in [-0.4, -0.2) is 0 Å². The minimum atomic E-state index is 0.949. The quantitative estimate of drug-likeness (QED) is 0.351. The summed E-state index contributed by atoms with van der Waals surface area (Å²) < 4.78 is 8.63. The molecule has 0 amide bonds. The normalized spacial score (nSPS) is 11.7. The van der Waals surface area contributed by atoms with Crippen molar-refractivity contribution in [3.05, 3.63) is 78.0 Å². The lowest BCUT2D eigenvalue weighted by atomic mass is 9.98. The summed E-state index contributed by atoms with van der Waals surface area (Å²) in [6.45, 7) is 4.36. The zero-order chi connectivity index (χ0) is 18.5. The van der Waals surface area contributed by atoms with Crippen LogP contribution in [0.25, 0.3) is 44.0 Å². The Morgan fingerprint density at radius 2 is 1.78 bits per heavy atom. The number of aromatic nitrogens is 1. The maximum absolute atomic E-state index is 6.44. The molecule has 2 heterocycles. The number of pyridine rings is 1. The van der Waals surface area contributed by atoms with Crippen LogP contribution >= 0.6 is 0 Å². The van der Waals surface area contributed by atoms with Gasteiger partial charge in [0.15, 0.2) is 6.20 Å². The van der Waals surface area contributed by atoms with Crippen LogP contribution in [0.5, 0.6) is 0 Å². The fourth-order valence-electron chi connectivity index (χ4n) is 4.11. The van der Waals surface area contributed by atoms with Crippen LogP contribution in [-0.2, 0) is 13.5 Å². The van der Waals surface area contributed by atoms with Crippen LogP contribution in [0.1, 0.15) is 18.1 Å². The Morgan fingerprint density at radius 1 is 0.926 bits per heavy atom. The lowest BCUT2D eigenvalue weighted by Crippen LogP contribution is -2.30. The van der Waals surface area contributed by atoms with Gasteiger partial charge in [-0.25, -0.2) is 4.57 Å². The van der Waals surface area contributed by atoms with Crippen molar-refractivity contribution in [1.82, 2.24) is 0 Å². The molecule has 0 radical (unpaired) electrons. The minimum absolute atomic E-state index is 0.949. The second-order valence-corrected chi connectivity index (χ2v) is 7.28. The fourth-order valence-corrected chi connectivity index (χ4v) is 4.11. The number of furan rings is 1. The number of aryl methyl sites for hydroxylation is 3. The molecule has 0 fully saturated rings. The van der Waals surface area contributed by atoms with Crippen LogP contribution in [0.3, 0.4) is 0 Å². The van der Waals surface area contributed by atoms with E-state index >= 15 is 0 Å². The van der Waals surface area contributed by atoms with Crippen molar-refractivity contribution in [3.63, 3.8) is 0 Å². The molecule has 0 spiro atoms. The molecule has 2 heteroatoms. The van der Waals surface area contributed by atoms with E-state index in [1.165, 1.54) is 43.9 Å². The van der Waals surface area contributed by atoms with Gasteiger partial charge in [-0.1, -0.05) is 49.4 Å². The molecular formula is C25H22NO+. The predicted molar refractivity (Wildman–Crippen MR) is 112 cm³/mol. The third kappa shape index (κ3) is 2.37. The molecule has 132 valence electrons. The summed E-state index contributed by atoms with van der Waals surface area (Å²) in [5, 5.41) is 4.88. The van der Waals surface area contributed by atoms with E-state index in [1.54, 1.807) is 0 Å². The van der Waals surface area contributed by atoms with Crippen molar-refractivity contribution in [2.75, 3.05) is 0 Å². The average molecular weight is 352 g/mol. The topological polar surface area (TPSA) is 17.0 Å². The van der Waals surface area contributed by atoms with Crippen molar-refractivity contribution in [2.24, 2.45) is 7.05 Å². The number of hydrogen-bond acceptors (Lipinski definition) is 1. The zero-order valence-corrected chi connectivity index (χ0v) is 15.9. The lowest BCUT2D eigenvalue weighted by molar-refractivity contribution is -0.660. The summed E-state index contributed by atoms with van der Waals surface area (Å²) >= 11 is 0. The summed E-state index contributed by atoms with van der Waals surface area (Å²) in [6.07, 6.45) is 3.16. The highest BCUT2D eigenvalue weighted by atomic mass is 16.3. The first-order valence-electron chi connectivity index (χ1n) is 9.50. The van der Waals surface area contributed by atoms with E-state index in [9.17, 15) is 0 Å². The first-order valence-corrected chi connectivity index (χ1v) is 9.50. The second-order valence-electron chi connectivity index (χ2n) is 7.28. The van der Waals surface area contributed by atoms with Gasteiger partial charge < -0.3 is 4.42 Å². The van der Waals surface area contributed by atoms with Crippen molar-refractivity contribution < 1.29 is 8.98 Å². The van der Waals surface area contributed by atoms with Crippen molar-refractivity contribution in [1.29, 1.82) is 0 Å². The minimum Gasteiger partial charge on any atom is -0.455 e. The highest BCUT2D eigenvalue weighted by Crippen LogP contribution is 2.39. The highest BCUT2D eigenvalue weighted by molar-refractivity contribution is 6.20. The number of rotatable bonds is 2. The average Bonchev–Trinajstić information content (AvgIpc) is 3.08. The van der Waals surface area contributed by atoms with Crippen LogP contribution in [0.15, 0.2) is 71.3 Å². The standard InChI is InChI=1S/C25H22NO/c1-4-17-13-14-26(3)21(15-17)23-16(2)9-11-20-24-19-8-6-5-7-18(19)10-12-22(24)27-25(20)23/h5-15H,4H2,1-3H3/q+1. The van der Waals surface area contributed by atoms with E-state index in [2.05, 4.69) is 92.3 Å². The molecule has 0 atom stereocenters. The maximum atomic E-state index is 6.44. The monoisotopic (exact) mass is 352 g/mol. The van der Waals surface area contributed by atoms with Crippen LogP contribution in [0, 0.1) is 6.92 Å². The largest absolute Gasteiger partial charge is 0.455 e. The number of benzene rings is 3. The third-order valence-corrected chi connectivity index (χ3v) is 5.62.